The maximum atomic E-state index is 10.9. The minimum atomic E-state index is -0.713. The smallest absolute Gasteiger partial charge is 0.305 e. The molecule has 0 fully saturated rings. The van der Waals surface area contributed by atoms with Crippen LogP contribution in [-0.4, -0.2) is 24.1 Å². The van der Waals surface area contributed by atoms with E-state index in [9.17, 15) is 9.59 Å². The second kappa shape index (κ2) is 3.49. The third-order valence-electron chi connectivity index (χ3n) is 1.44. The van der Waals surface area contributed by atoms with Gasteiger partial charge < -0.3 is 9.47 Å². The van der Waals surface area contributed by atoms with Crippen molar-refractivity contribution in [3.8, 4) is 0 Å². The van der Waals surface area contributed by atoms with Gasteiger partial charge in [-0.05, 0) is 19.1 Å². The van der Waals surface area contributed by atoms with Crippen molar-refractivity contribution in [1.29, 1.82) is 0 Å². The molecule has 0 saturated heterocycles. The summed E-state index contributed by atoms with van der Waals surface area (Å²) < 4.78 is 9.74. The molecule has 0 radical (unpaired) electrons. The standard InChI is InChI=1S/C8H10O4/c1-5-7(10)3-4-8(11-5)12-6(2)9/h3-5,8H,1-2H3/t5-,8+/m1/s1. The zero-order valence-corrected chi connectivity index (χ0v) is 6.94. The predicted octanol–water partition coefficient (Wildman–Crippen LogP) is 0.420. The first-order valence-corrected chi connectivity index (χ1v) is 3.64. The highest BCUT2D eigenvalue weighted by Crippen LogP contribution is 2.09. The molecular weight excluding hydrogens is 160 g/mol. The molecule has 4 heteroatoms. The van der Waals surface area contributed by atoms with Crippen LogP contribution in [0.4, 0.5) is 0 Å². The second-order valence-corrected chi connectivity index (χ2v) is 2.52. The maximum absolute atomic E-state index is 10.9. The third-order valence-corrected chi connectivity index (χ3v) is 1.44. The van der Waals surface area contributed by atoms with Gasteiger partial charge >= 0.3 is 5.97 Å². The molecule has 0 aromatic rings. The first kappa shape index (κ1) is 8.93. The predicted molar refractivity (Wildman–Crippen MR) is 40.2 cm³/mol. The van der Waals surface area contributed by atoms with Crippen LogP contribution in [0.15, 0.2) is 12.2 Å². The van der Waals surface area contributed by atoms with E-state index in [2.05, 4.69) is 0 Å². The summed E-state index contributed by atoms with van der Waals surface area (Å²) in [4.78, 5) is 21.4. The summed E-state index contributed by atoms with van der Waals surface area (Å²) in [5.74, 6) is -0.537. The summed E-state index contributed by atoms with van der Waals surface area (Å²) >= 11 is 0. The average Bonchev–Trinajstić information content (AvgIpc) is 1.96. The molecule has 1 aliphatic heterocycles. The SMILES string of the molecule is CC(=O)O[C@H]1C=CC(=O)[C@@H](C)O1. The van der Waals surface area contributed by atoms with Gasteiger partial charge in [-0.15, -0.1) is 0 Å². The molecule has 1 aliphatic rings. The van der Waals surface area contributed by atoms with Gasteiger partial charge in [-0.25, -0.2) is 0 Å². The van der Waals surface area contributed by atoms with Gasteiger partial charge in [0.25, 0.3) is 0 Å². The Balaban J connectivity index is 2.55. The van der Waals surface area contributed by atoms with E-state index >= 15 is 0 Å². The molecule has 66 valence electrons. The highest BCUT2D eigenvalue weighted by atomic mass is 16.7. The molecule has 4 nitrogen and oxygen atoms in total. The molecule has 0 unspecified atom stereocenters. The molecule has 0 aromatic carbocycles. The molecule has 1 rings (SSSR count). The Morgan fingerprint density at radius 2 is 2.33 bits per heavy atom. The van der Waals surface area contributed by atoms with Crippen molar-refractivity contribution in [3.63, 3.8) is 0 Å². The first-order valence-electron chi connectivity index (χ1n) is 3.64. The van der Waals surface area contributed by atoms with Crippen LogP contribution in [0.25, 0.3) is 0 Å². The molecule has 12 heavy (non-hydrogen) atoms. The average molecular weight is 170 g/mol. The van der Waals surface area contributed by atoms with Gasteiger partial charge in [0.1, 0.15) is 6.10 Å². The lowest BCUT2D eigenvalue weighted by atomic mass is 10.2. The summed E-state index contributed by atoms with van der Waals surface area (Å²) in [7, 11) is 0. The number of carbonyl (C=O) groups excluding carboxylic acids is 2. The Morgan fingerprint density at radius 3 is 2.83 bits per heavy atom. The van der Waals surface area contributed by atoms with Crippen molar-refractivity contribution in [1.82, 2.24) is 0 Å². The third kappa shape index (κ3) is 2.17. The molecular formula is C8H10O4. The van der Waals surface area contributed by atoms with Gasteiger partial charge in [0.05, 0.1) is 0 Å². The maximum Gasteiger partial charge on any atom is 0.305 e. The normalized spacial score (nSPS) is 28.7. The zero-order valence-electron chi connectivity index (χ0n) is 6.94. The number of rotatable bonds is 1. The van der Waals surface area contributed by atoms with Gasteiger partial charge in [0, 0.05) is 6.92 Å². The largest absolute Gasteiger partial charge is 0.432 e. The van der Waals surface area contributed by atoms with Gasteiger partial charge in [0.2, 0.25) is 6.29 Å². The van der Waals surface area contributed by atoms with Crippen LogP contribution in [0.1, 0.15) is 13.8 Å². The Morgan fingerprint density at radius 1 is 1.67 bits per heavy atom. The highest BCUT2D eigenvalue weighted by Gasteiger charge is 2.22. The monoisotopic (exact) mass is 170 g/mol. The van der Waals surface area contributed by atoms with Crippen molar-refractivity contribution in [2.24, 2.45) is 0 Å². The summed E-state index contributed by atoms with van der Waals surface area (Å²) in [6.45, 7) is 2.90. The Hall–Kier alpha value is -1.16. The minimum Gasteiger partial charge on any atom is -0.432 e. The quantitative estimate of drug-likeness (QED) is 0.535. The van der Waals surface area contributed by atoms with Crippen molar-refractivity contribution in [2.75, 3.05) is 0 Å². The number of ether oxygens (including phenoxy) is 2. The fourth-order valence-electron chi connectivity index (χ4n) is 0.853. The van der Waals surface area contributed by atoms with E-state index in [1.165, 1.54) is 19.1 Å². The lowest BCUT2D eigenvalue weighted by molar-refractivity contribution is -0.178. The van der Waals surface area contributed by atoms with Gasteiger partial charge in [0.15, 0.2) is 5.78 Å². The van der Waals surface area contributed by atoms with Gasteiger partial charge in [-0.2, -0.15) is 0 Å². The van der Waals surface area contributed by atoms with Crippen LogP contribution in [-0.2, 0) is 19.1 Å². The number of hydrogen-bond acceptors (Lipinski definition) is 4. The van der Waals surface area contributed by atoms with Crippen molar-refractivity contribution >= 4 is 11.8 Å². The Labute approximate surface area is 70.1 Å². The number of carbonyl (C=O) groups is 2. The van der Waals surface area contributed by atoms with E-state index in [0.717, 1.165) is 0 Å². The molecule has 0 saturated carbocycles. The van der Waals surface area contributed by atoms with Crippen LogP contribution in [0, 0.1) is 0 Å². The molecule has 0 N–H and O–H groups in total. The molecule has 0 aliphatic carbocycles. The summed E-state index contributed by atoms with van der Waals surface area (Å²) in [6.07, 6.45) is 1.54. The lowest BCUT2D eigenvalue weighted by Crippen LogP contribution is -2.31. The molecule has 0 spiro atoms. The van der Waals surface area contributed by atoms with Crippen LogP contribution in [0.2, 0.25) is 0 Å². The van der Waals surface area contributed by atoms with Crippen LogP contribution in [0.3, 0.4) is 0 Å². The van der Waals surface area contributed by atoms with Crippen molar-refractivity contribution < 1.29 is 19.1 Å². The van der Waals surface area contributed by atoms with Crippen LogP contribution >= 0.6 is 0 Å². The second-order valence-electron chi connectivity index (χ2n) is 2.52. The van der Waals surface area contributed by atoms with Gasteiger partial charge in [-0.1, -0.05) is 0 Å². The van der Waals surface area contributed by atoms with Gasteiger partial charge in [-0.3, -0.25) is 9.59 Å². The van der Waals surface area contributed by atoms with E-state index in [1.54, 1.807) is 6.92 Å². The molecule has 0 amide bonds. The minimum absolute atomic E-state index is 0.113. The first-order chi connectivity index (χ1) is 5.59. The molecule has 1 heterocycles. The fraction of sp³-hybridized carbons (Fsp3) is 0.500. The van der Waals surface area contributed by atoms with Crippen LogP contribution < -0.4 is 0 Å². The lowest BCUT2D eigenvalue weighted by Gasteiger charge is -2.21. The summed E-state index contributed by atoms with van der Waals surface area (Å²) in [5, 5.41) is 0. The molecule has 0 bridgehead atoms. The molecule has 2 atom stereocenters. The van der Waals surface area contributed by atoms with E-state index < -0.39 is 18.4 Å². The van der Waals surface area contributed by atoms with E-state index in [-0.39, 0.29) is 5.78 Å². The Kier molecular flexibility index (Phi) is 2.60. The fourth-order valence-corrected chi connectivity index (χ4v) is 0.853. The highest BCUT2D eigenvalue weighted by molar-refractivity contribution is 5.93. The van der Waals surface area contributed by atoms with Crippen molar-refractivity contribution in [3.05, 3.63) is 12.2 Å². The van der Waals surface area contributed by atoms with Crippen LogP contribution in [0.5, 0.6) is 0 Å². The number of ketones is 1. The molecule has 0 aromatic heterocycles. The Bertz CT molecular complexity index is 231. The topological polar surface area (TPSA) is 52.6 Å². The van der Waals surface area contributed by atoms with E-state index in [1.807, 2.05) is 0 Å². The zero-order chi connectivity index (χ0) is 9.14. The number of hydrogen-bond donors (Lipinski definition) is 0. The van der Waals surface area contributed by atoms with E-state index in [0.29, 0.717) is 0 Å². The summed E-state index contributed by atoms with van der Waals surface area (Å²) in [6, 6.07) is 0. The van der Waals surface area contributed by atoms with E-state index in [4.69, 9.17) is 9.47 Å². The van der Waals surface area contributed by atoms with Crippen molar-refractivity contribution in [2.45, 2.75) is 26.2 Å². The summed E-state index contributed by atoms with van der Waals surface area (Å²) in [5.41, 5.74) is 0. The number of esters is 1.